The van der Waals surface area contributed by atoms with Crippen LogP contribution in [0.3, 0.4) is 0 Å². The van der Waals surface area contributed by atoms with Gasteiger partial charge in [-0.25, -0.2) is 9.79 Å². The Bertz CT molecular complexity index is 1550. The normalized spacial score (nSPS) is 13.5. The molecule has 9 nitrogen and oxygen atoms in total. The fourth-order valence-corrected chi connectivity index (χ4v) is 6.14. The number of amidine groups is 1. The van der Waals surface area contributed by atoms with E-state index in [0.29, 0.717) is 43.4 Å². The molecule has 3 rings (SSSR count). The molecule has 2 aromatic carbocycles. The number of hydrogen-bond acceptors (Lipinski definition) is 7. The first-order valence-corrected chi connectivity index (χ1v) is 20.8. The van der Waals surface area contributed by atoms with Gasteiger partial charge in [-0.3, -0.25) is 14.9 Å². The number of rotatable bonds is 13. The van der Waals surface area contributed by atoms with E-state index in [-0.39, 0.29) is 35.7 Å². The molecule has 10 heteroatoms. The van der Waals surface area contributed by atoms with E-state index in [2.05, 4.69) is 46.1 Å². The van der Waals surface area contributed by atoms with Crippen LogP contribution in [-0.2, 0) is 29.9 Å². The standard InChI is InChI=1S/C40H59N3O6Si/c1-12-20-43(21-13-22-48-50(10,11)40(7,8)9)37(45)33-24-32-19-18-31(25-34(32)41-35(26-33)42-38(46)49-39(4,5)6)30-16-14-29(15-17-30)23-36(44)47-27-28(2)3/h14-19,24-25,28H,12-13,20-23,26-27H2,1-11H3,(H,41,42,46). The molecule has 1 heterocycles. The van der Waals surface area contributed by atoms with E-state index in [0.717, 1.165) is 35.1 Å². The Labute approximate surface area is 301 Å². The number of benzene rings is 2. The van der Waals surface area contributed by atoms with Gasteiger partial charge < -0.3 is 18.8 Å². The van der Waals surface area contributed by atoms with Crippen molar-refractivity contribution < 1.29 is 28.3 Å². The lowest BCUT2D eigenvalue weighted by Crippen LogP contribution is -2.42. The summed E-state index contributed by atoms with van der Waals surface area (Å²) in [6.07, 6.45) is 3.16. The van der Waals surface area contributed by atoms with Gasteiger partial charge in [-0.05, 0) is 86.5 Å². The molecular formula is C40H59N3O6Si. The smallest absolute Gasteiger partial charge is 0.413 e. The lowest BCUT2D eigenvalue weighted by Gasteiger charge is -2.36. The molecule has 1 aliphatic heterocycles. The van der Waals surface area contributed by atoms with Crippen LogP contribution in [0.2, 0.25) is 18.1 Å². The van der Waals surface area contributed by atoms with Crippen LogP contribution in [0.15, 0.2) is 53.0 Å². The van der Waals surface area contributed by atoms with Crippen LogP contribution in [0.1, 0.15) is 92.7 Å². The van der Waals surface area contributed by atoms with E-state index < -0.39 is 20.0 Å². The minimum Gasteiger partial charge on any atom is -0.465 e. The number of ether oxygens (including phenoxy) is 2. The highest BCUT2D eigenvalue weighted by Crippen LogP contribution is 2.37. The van der Waals surface area contributed by atoms with Crippen LogP contribution in [0.25, 0.3) is 17.2 Å². The maximum absolute atomic E-state index is 14.1. The fraction of sp³-hybridized carbons (Fsp3) is 0.550. The van der Waals surface area contributed by atoms with Gasteiger partial charge in [0.25, 0.3) is 0 Å². The minimum atomic E-state index is -1.89. The SMILES string of the molecule is CCCN(CCCO[Si](C)(C)C(C)(C)C)C(=O)C1=Cc2ccc(-c3ccc(CC(=O)OCC(C)C)cc3)cc2N=C(NC(=O)OC(C)(C)C)C1. The summed E-state index contributed by atoms with van der Waals surface area (Å²) >= 11 is 0. The van der Waals surface area contributed by atoms with E-state index >= 15 is 0 Å². The molecule has 1 N–H and O–H groups in total. The lowest BCUT2D eigenvalue weighted by atomic mass is 9.99. The van der Waals surface area contributed by atoms with Gasteiger partial charge in [0.05, 0.1) is 18.7 Å². The number of carbonyl (C=O) groups is 3. The quantitative estimate of drug-likeness (QED) is 0.127. The maximum atomic E-state index is 14.1. The number of aliphatic imine (C=N–C) groups is 1. The second-order valence-electron chi connectivity index (χ2n) is 16.0. The van der Waals surface area contributed by atoms with Crippen LogP contribution < -0.4 is 5.32 Å². The number of amides is 2. The minimum absolute atomic E-state index is 0.0858. The maximum Gasteiger partial charge on any atom is 0.413 e. The highest BCUT2D eigenvalue weighted by molar-refractivity contribution is 6.74. The van der Waals surface area contributed by atoms with E-state index in [1.54, 1.807) is 20.8 Å². The number of nitrogens with one attached hydrogen (secondary N) is 1. The zero-order valence-corrected chi connectivity index (χ0v) is 33.2. The number of carbonyl (C=O) groups excluding carboxylic acids is 3. The number of alkyl carbamates (subject to hydrolysis) is 1. The Hall–Kier alpha value is -3.76. The molecule has 0 aromatic heterocycles. The van der Waals surface area contributed by atoms with Crippen molar-refractivity contribution in [1.82, 2.24) is 10.2 Å². The van der Waals surface area contributed by atoms with E-state index in [1.165, 1.54) is 0 Å². The van der Waals surface area contributed by atoms with Gasteiger partial charge in [0, 0.05) is 37.3 Å². The summed E-state index contributed by atoms with van der Waals surface area (Å²) in [6, 6.07) is 13.7. The summed E-state index contributed by atoms with van der Waals surface area (Å²) in [4.78, 5) is 46.0. The Morgan fingerprint density at radius 2 is 1.62 bits per heavy atom. The van der Waals surface area contributed by atoms with Gasteiger partial charge >= 0.3 is 12.1 Å². The molecule has 0 radical (unpaired) electrons. The first-order valence-electron chi connectivity index (χ1n) is 17.9. The number of hydrogen-bond donors (Lipinski definition) is 1. The molecule has 0 bridgehead atoms. The molecule has 2 amide bonds. The highest BCUT2D eigenvalue weighted by atomic mass is 28.4. The van der Waals surface area contributed by atoms with Gasteiger partial charge in [0.15, 0.2) is 8.32 Å². The molecule has 0 unspecified atom stereocenters. The molecule has 2 aromatic rings. The van der Waals surface area contributed by atoms with E-state index in [9.17, 15) is 14.4 Å². The van der Waals surface area contributed by atoms with Gasteiger partial charge in [0.2, 0.25) is 5.91 Å². The van der Waals surface area contributed by atoms with Gasteiger partial charge in [-0.2, -0.15) is 0 Å². The molecule has 0 aliphatic carbocycles. The van der Waals surface area contributed by atoms with Gasteiger partial charge in [0.1, 0.15) is 11.4 Å². The summed E-state index contributed by atoms with van der Waals surface area (Å²) in [7, 11) is -1.89. The topological polar surface area (TPSA) is 107 Å². The number of esters is 1. The second-order valence-corrected chi connectivity index (χ2v) is 20.8. The first-order chi connectivity index (χ1) is 23.3. The summed E-state index contributed by atoms with van der Waals surface area (Å²) in [5.41, 5.74) is 3.98. The molecule has 50 heavy (non-hydrogen) atoms. The molecule has 1 aliphatic rings. The van der Waals surface area contributed by atoms with E-state index in [1.807, 2.05) is 67.3 Å². The predicted molar refractivity (Wildman–Crippen MR) is 205 cm³/mol. The monoisotopic (exact) mass is 705 g/mol. The van der Waals surface area contributed by atoms with Crippen LogP contribution in [0.5, 0.6) is 0 Å². The fourth-order valence-electron chi connectivity index (χ4n) is 5.06. The van der Waals surface area contributed by atoms with Crippen molar-refractivity contribution in [3.63, 3.8) is 0 Å². The Morgan fingerprint density at radius 1 is 0.960 bits per heavy atom. The zero-order chi connectivity index (χ0) is 37.3. The van der Waals surface area contributed by atoms with Gasteiger partial charge in [-0.1, -0.05) is 77.9 Å². The third-order valence-electron chi connectivity index (χ3n) is 8.73. The third kappa shape index (κ3) is 12.5. The molecule has 0 saturated carbocycles. The third-order valence-corrected chi connectivity index (χ3v) is 13.3. The first kappa shape index (κ1) is 40.7. The second kappa shape index (κ2) is 17.4. The van der Waals surface area contributed by atoms with Gasteiger partial charge in [-0.15, -0.1) is 0 Å². The Balaban J connectivity index is 1.89. The number of fused-ring (bicyclic) bond motifs is 1. The van der Waals surface area contributed by atoms with Crippen molar-refractivity contribution in [3.05, 3.63) is 59.2 Å². The molecule has 0 saturated heterocycles. The van der Waals surface area contributed by atoms with Crippen molar-refractivity contribution in [2.75, 3.05) is 26.3 Å². The van der Waals surface area contributed by atoms with E-state index in [4.69, 9.17) is 18.9 Å². The van der Waals surface area contributed by atoms with Crippen molar-refractivity contribution in [2.24, 2.45) is 10.9 Å². The predicted octanol–water partition coefficient (Wildman–Crippen LogP) is 9.09. The van der Waals surface area contributed by atoms with Crippen LogP contribution in [-0.4, -0.2) is 68.9 Å². The summed E-state index contributed by atoms with van der Waals surface area (Å²) in [5, 5.41) is 2.93. The summed E-state index contributed by atoms with van der Waals surface area (Å²) < 4.78 is 17.3. The molecule has 0 spiro atoms. The average molecular weight is 706 g/mol. The summed E-state index contributed by atoms with van der Waals surface area (Å²) in [6.45, 7) is 24.8. The molecular weight excluding hydrogens is 647 g/mol. The van der Waals surface area contributed by atoms with Crippen LogP contribution in [0, 0.1) is 5.92 Å². The number of nitrogens with zero attached hydrogens (tertiary/aromatic N) is 2. The molecule has 274 valence electrons. The van der Waals surface area contributed by atoms with Crippen LogP contribution in [0.4, 0.5) is 10.5 Å². The Morgan fingerprint density at radius 3 is 2.22 bits per heavy atom. The molecule has 0 fully saturated rings. The van der Waals surface area contributed by atoms with Crippen molar-refractivity contribution in [2.45, 2.75) is 112 Å². The largest absolute Gasteiger partial charge is 0.465 e. The Kier molecular flexibility index (Phi) is 14.2. The van der Waals surface area contributed by atoms with Crippen molar-refractivity contribution in [3.8, 4) is 11.1 Å². The zero-order valence-electron chi connectivity index (χ0n) is 32.2. The van der Waals surface area contributed by atoms with Crippen molar-refractivity contribution in [1.29, 1.82) is 0 Å². The van der Waals surface area contributed by atoms with Crippen molar-refractivity contribution >= 4 is 43.9 Å². The highest BCUT2D eigenvalue weighted by Gasteiger charge is 2.37. The molecule has 0 atom stereocenters. The summed E-state index contributed by atoms with van der Waals surface area (Å²) in [5.74, 6) is 0.291. The average Bonchev–Trinajstić information content (AvgIpc) is 3.18. The van der Waals surface area contributed by atoms with Crippen LogP contribution >= 0.6 is 0 Å². The lowest BCUT2D eigenvalue weighted by molar-refractivity contribution is -0.143.